The van der Waals surface area contributed by atoms with Crippen molar-refractivity contribution in [3.05, 3.63) is 105 Å². The summed E-state index contributed by atoms with van der Waals surface area (Å²) in [6.45, 7) is 5.15. The van der Waals surface area contributed by atoms with Gasteiger partial charge in [-0.15, -0.1) is 0 Å². The molecular formula is C29H25N5O3. The van der Waals surface area contributed by atoms with Gasteiger partial charge in [-0.25, -0.2) is 14.8 Å². The molecule has 0 saturated heterocycles. The van der Waals surface area contributed by atoms with Crippen molar-refractivity contribution in [1.82, 2.24) is 24.7 Å². The van der Waals surface area contributed by atoms with E-state index < -0.39 is 5.76 Å². The predicted octanol–water partition coefficient (Wildman–Crippen LogP) is 5.21. The second-order valence-electron chi connectivity index (χ2n) is 9.85. The topological polar surface area (TPSA) is 98.8 Å². The van der Waals surface area contributed by atoms with Crippen LogP contribution >= 0.6 is 0 Å². The summed E-state index contributed by atoms with van der Waals surface area (Å²) >= 11 is 0. The molecular weight excluding hydrogens is 466 g/mol. The number of imidazole rings is 1. The first-order valence-corrected chi connectivity index (χ1v) is 12.5. The van der Waals surface area contributed by atoms with E-state index in [1.807, 2.05) is 43.5 Å². The van der Waals surface area contributed by atoms with Crippen LogP contribution in [0.1, 0.15) is 65.1 Å². The smallest absolute Gasteiger partial charge is 0.439 e. The Bertz CT molecular complexity index is 1770. The zero-order valence-corrected chi connectivity index (χ0v) is 20.6. The van der Waals surface area contributed by atoms with Crippen molar-refractivity contribution >= 4 is 22.3 Å². The Labute approximate surface area is 212 Å². The fourth-order valence-corrected chi connectivity index (χ4v) is 5.27. The quantitative estimate of drug-likeness (QED) is 0.370. The van der Waals surface area contributed by atoms with Crippen LogP contribution in [0.2, 0.25) is 0 Å². The van der Waals surface area contributed by atoms with Gasteiger partial charge in [-0.1, -0.05) is 35.5 Å². The summed E-state index contributed by atoms with van der Waals surface area (Å²) in [7, 11) is 0. The monoisotopic (exact) mass is 491 g/mol. The van der Waals surface area contributed by atoms with E-state index in [-0.39, 0.29) is 0 Å². The molecule has 0 radical (unpaired) electrons. The van der Waals surface area contributed by atoms with Crippen LogP contribution in [0.3, 0.4) is 0 Å². The third-order valence-corrected chi connectivity index (χ3v) is 7.30. The van der Waals surface area contributed by atoms with E-state index in [2.05, 4.69) is 39.8 Å². The highest BCUT2D eigenvalue weighted by Gasteiger charge is 2.30. The highest BCUT2D eigenvalue weighted by molar-refractivity contribution is 5.99. The van der Waals surface area contributed by atoms with Crippen molar-refractivity contribution in [3.63, 3.8) is 0 Å². The summed E-state index contributed by atoms with van der Waals surface area (Å²) in [6.07, 6.45) is 4.22. The van der Waals surface area contributed by atoms with Gasteiger partial charge in [0.05, 0.1) is 6.54 Å². The van der Waals surface area contributed by atoms with Gasteiger partial charge in [-0.05, 0) is 72.7 Å². The minimum atomic E-state index is -0.577. The summed E-state index contributed by atoms with van der Waals surface area (Å²) in [5.41, 5.74) is 9.06. The van der Waals surface area contributed by atoms with E-state index in [0.29, 0.717) is 24.9 Å². The molecule has 0 bridgehead atoms. The Morgan fingerprint density at radius 3 is 2.81 bits per heavy atom. The molecule has 3 aromatic heterocycles. The number of pyridine rings is 1. The fourth-order valence-electron chi connectivity index (χ4n) is 5.27. The summed E-state index contributed by atoms with van der Waals surface area (Å²) in [6, 6.07) is 16.5. The van der Waals surface area contributed by atoms with Crippen LogP contribution in [-0.2, 0) is 13.2 Å². The van der Waals surface area contributed by atoms with Crippen molar-refractivity contribution in [3.8, 4) is 5.75 Å². The van der Waals surface area contributed by atoms with Gasteiger partial charge in [0, 0.05) is 23.3 Å². The van der Waals surface area contributed by atoms with E-state index in [1.165, 1.54) is 12.8 Å². The molecule has 37 heavy (non-hydrogen) atoms. The van der Waals surface area contributed by atoms with Crippen LogP contribution in [-0.4, -0.2) is 24.7 Å². The number of allylic oxidation sites excluding steroid dienone is 1. The molecule has 2 aromatic carbocycles. The number of benzene rings is 2. The van der Waals surface area contributed by atoms with Gasteiger partial charge < -0.3 is 9.30 Å². The number of nitrogens with zero attached hydrogens (tertiary/aromatic N) is 4. The molecule has 7 rings (SSSR count). The normalized spacial score (nSPS) is 16.2. The number of hydrogen-bond acceptors (Lipinski definition) is 6. The minimum Gasteiger partial charge on any atom is -0.488 e. The van der Waals surface area contributed by atoms with Gasteiger partial charge >= 0.3 is 5.76 Å². The fraction of sp³-hybridized carbons (Fsp3) is 0.241. The van der Waals surface area contributed by atoms with Crippen molar-refractivity contribution in [2.45, 2.75) is 45.8 Å². The number of aromatic amines is 1. The highest BCUT2D eigenvalue weighted by Crippen LogP contribution is 2.42. The number of hydrogen-bond donors (Lipinski definition) is 1. The van der Waals surface area contributed by atoms with Gasteiger partial charge in [0.2, 0.25) is 0 Å². The highest BCUT2D eigenvalue weighted by atomic mass is 16.5. The first-order chi connectivity index (χ1) is 18.1. The Kier molecular flexibility index (Phi) is 4.89. The van der Waals surface area contributed by atoms with E-state index in [1.54, 1.807) is 0 Å². The first-order valence-electron chi connectivity index (χ1n) is 12.5. The van der Waals surface area contributed by atoms with E-state index >= 15 is 0 Å². The Hall–Kier alpha value is -4.46. The molecule has 2 aliphatic rings. The third-order valence-electron chi connectivity index (χ3n) is 7.30. The molecule has 0 unspecified atom stereocenters. The van der Waals surface area contributed by atoms with Gasteiger partial charge in [-0.3, -0.25) is 9.51 Å². The lowest BCUT2D eigenvalue weighted by Gasteiger charge is -2.15. The number of fused-ring (bicyclic) bond motifs is 3. The average molecular weight is 492 g/mol. The lowest BCUT2D eigenvalue weighted by Crippen LogP contribution is -2.07. The van der Waals surface area contributed by atoms with Crippen LogP contribution in [0, 0.1) is 6.92 Å². The molecule has 8 nitrogen and oxygen atoms in total. The van der Waals surface area contributed by atoms with Gasteiger partial charge in [-0.2, -0.15) is 0 Å². The second kappa shape index (κ2) is 8.30. The number of aromatic nitrogens is 5. The summed E-state index contributed by atoms with van der Waals surface area (Å²) in [4.78, 5) is 24.1. The molecule has 0 atom stereocenters. The maximum absolute atomic E-state index is 11.7. The van der Waals surface area contributed by atoms with Gasteiger partial charge in [0.15, 0.2) is 11.5 Å². The summed E-state index contributed by atoms with van der Waals surface area (Å²) in [5.74, 6) is 2.26. The van der Waals surface area contributed by atoms with Crippen molar-refractivity contribution < 1.29 is 9.26 Å². The van der Waals surface area contributed by atoms with Crippen molar-refractivity contribution in [2.75, 3.05) is 0 Å². The Morgan fingerprint density at radius 2 is 2.00 bits per heavy atom. The maximum atomic E-state index is 11.7. The first kappa shape index (κ1) is 21.8. The standard InChI is InChI=1S/C29H25N5O3/c1-16-11-12-30-28-25(16)31-27(19-8-9-19)34(28)14-18-7-10-21-20(13-18)15-36-23-6-4-3-5-22(23)24(21)17(2)26-32-29(35)37-33-26/h3-7,10-13,19H,8-9,14-15H2,1-2H3,(H,32,33,35)/b24-17-. The number of H-pyrrole nitrogens is 1. The Morgan fingerprint density at radius 1 is 1.14 bits per heavy atom. The molecule has 0 amide bonds. The zero-order valence-electron chi connectivity index (χ0n) is 20.6. The van der Waals surface area contributed by atoms with Gasteiger partial charge in [0.1, 0.15) is 23.7 Å². The second-order valence-corrected chi connectivity index (χ2v) is 9.85. The molecule has 1 aliphatic carbocycles. The number of rotatable bonds is 4. The number of para-hydroxylation sites is 1. The van der Waals surface area contributed by atoms with E-state index in [0.717, 1.165) is 61.7 Å². The number of nitrogens with one attached hydrogen (secondary N) is 1. The Balaban J connectivity index is 1.36. The van der Waals surface area contributed by atoms with Crippen molar-refractivity contribution in [2.24, 2.45) is 0 Å². The molecule has 184 valence electrons. The van der Waals surface area contributed by atoms with E-state index in [9.17, 15) is 4.79 Å². The lowest BCUT2D eigenvalue weighted by molar-refractivity contribution is 0.307. The zero-order chi connectivity index (χ0) is 25.1. The molecule has 4 heterocycles. The number of ether oxygens (including phenoxy) is 1. The van der Waals surface area contributed by atoms with Crippen LogP contribution in [0.25, 0.3) is 22.3 Å². The molecule has 8 heteroatoms. The molecule has 1 fully saturated rings. The van der Waals surface area contributed by atoms with Gasteiger partial charge in [0.25, 0.3) is 0 Å². The largest absolute Gasteiger partial charge is 0.488 e. The minimum absolute atomic E-state index is 0.409. The number of aryl methyl sites for hydroxylation is 1. The van der Waals surface area contributed by atoms with Crippen LogP contribution in [0.15, 0.2) is 64.0 Å². The summed E-state index contributed by atoms with van der Waals surface area (Å²) in [5, 5.41) is 3.94. The molecule has 1 aliphatic heterocycles. The lowest BCUT2D eigenvalue weighted by atomic mass is 9.89. The van der Waals surface area contributed by atoms with Crippen molar-refractivity contribution in [1.29, 1.82) is 0 Å². The predicted molar refractivity (Wildman–Crippen MR) is 139 cm³/mol. The molecule has 0 spiro atoms. The van der Waals surface area contributed by atoms with Crippen LogP contribution < -0.4 is 10.5 Å². The SMILES string of the molecule is C/C(=C1\c2ccc(Cn3c(C4CC4)nc4c(C)ccnc43)cc2COc2ccccc21)c1noc(=O)[nH]1. The van der Waals surface area contributed by atoms with E-state index in [4.69, 9.17) is 19.2 Å². The molecule has 5 aromatic rings. The third kappa shape index (κ3) is 3.67. The molecule has 1 saturated carbocycles. The average Bonchev–Trinajstić information content (AvgIpc) is 3.59. The van der Waals surface area contributed by atoms with Crippen LogP contribution in [0.4, 0.5) is 0 Å². The molecule has 1 N–H and O–H groups in total. The maximum Gasteiger partial charge on any atom is 0.439 e. The summed E-state index contributed by atoms with van der Waals surface area (Å²) < 4.78 is 13.3. The van der Waals surface area contributed by atoms with Crippen LogP contribution in [0.5, 0.6) is 5.75 Å².